The maximum Gasteiger partial charge on any atom is 0.387 e. The van der Waals surface area contributed by atoms with Crippen molar-refractivity contribution in [3.8, 4) is 5.75 Å². The number of aromatic nitrogens is 1. The SMILES string of the molecule is CCN(CC)S(=O)(=O)c1ccc(SCC(=O)NCCc2ccc(OC(F)F)cc2)nc1. The Labute approximate surface area is 185 Å². The molecule has 1 amide bonds. The van der Waals surface area contributed by atoms with Gasteiger partial charge in [0.05, 0.1) is 10.8 Å². The molecule has 0 aliphatic rings. The number of amides is 1. The van der Waals surface area contributed by atoms with E-state index < -0.39 is 16.6 Å². The number of hydrogen-bond donors (Lipinski definition) is 1. The van der Waals surface area contributed by atoms with Crippen molar-refractivity contribution in [2.75, 3.05) is 25.4 Å². The molecule has 0 saturated carbocycles. The van der Waals surface area contributed by atoms with E-state index in [-0.39, 0.29) is 22.3 Å². The van der Waals surface area contributed by atoms with Crippen molar-refractivity contribution in [2.45, 2.75) is 36.8 Å². The van der Waals surface area contributed by atoms with Crippen LogP contribution in [0.25, 0.3) is 0 Å². The number of nitrogens with one attached hydrogen (secondary N) is 1. The Kier molecular flexibility index (Phi) is 9.66. The number of hydrogen-bond acceptors (Lipinski definition) is 6. The minimum absolute atomic E-state index is 0.0857. The van der Waals surface area contributed by atoms with Gasteiger partial charge in [-0.15, -0.1) is 0 Å². The second-order valence-corrected chi connectivity index (χ2v) is 9.27. The third-order valence-electron chi connectivity index (χ3n) is 4.29. The smallest absolute Gasteiger partial charge is 0.387 e. The van der Waals surface area contributed by atoms with Crippen LogP contribution in [0.15, 0.2) is 52.5 Å². The van der Waals surface area contributed by atoms with Crippen LogP contribution in [-0.4, -0.2) is 55.6 Å². The van der Waals surface area contributed by atoms with Crippen molar-refractivity contribution in [3.05, 3.63) is 48.2 Å². The molecule has 0 bridgehead atoms. The Bertz CT molecular complexity index is 936. The molecule has 1 aromatic heterocycles. The summed E-state index contributed by atoms with van der Waals surface area (Å²) in [6.07, 6.45) is 1.84. The number of ether oxygens (including phenoxy) is 1. The third-order valence-corrected chi connectivity index (χ3v) is 7.27. The Balaban J connectivity index is 1.77. The number of thioether (sulfide) groups is 1. The largest absolute Gasteiger partial charge is 0.435 e. The molecule has 170 valence electrons. The predicted molar refractivity (Wildman–Crippen MR) is 115 cm³/mol. The summed E-state index contributed by atoms with van der Waals surface area (Å²) < 4.78 is 54.8. The third kappa shape index (κ3) is 7.75. The van der Waals surface area contributed by atoms with Crippen LogP contribution < -0.4 is 10.1 Å². The lowest BCUT2D eigenvalue weighted by Gasteiger charge is -2.18. The Morgan fingerprint density at radius 3 is 2.39 bits per heavy atom. The first-order chi connectivity index (χ1) is 14.8. The summed E-state index contributed by atoms with van der Waals surface area (Å²) in [5.41, 5.74) is 0.876. The molecule has 0 unspecified atom stereocenters. The number of benzene rings is 1. The van der Waals surface area contributed by atoms with Gasteiger partial charge in [0.1, 0.15) is 10.6 Å². The van der Waals surface area contributed by atoms with Gasteiger partial charge in [0, 0.05) is 25.8 Å². The zero-order valence-electron chi connectivity index (χ0n) is 17.3. The van der Waals surface area contributed by atoms with Crippen molar-refractivity contribution in [1.29, 1.82) is 0 Å². The number of sulfonamides is 1. The van der Waals surface area contributed by atoms with Crippen LogP contribution >= 0.6 is 11.8 Å². The molecule has 31 heavy (non-hydrogen) atoms. The second kappa shape index (κ2) is 12.0. The van der Waals surface area contributed by atoms with E-state index in [4.69, 9.17) is 0 Å². The average molecular weight is 474 g/mol. The highest BCUT2D eigenvalue weighted by atomic mass is 32.2. The van der Waals surface area contributed by atoms with Crippen LogP contribution in [0, 0.1) is 0 Å². The van der Waals surface area contributed by atoms with Crippen LogP contribution in [0.4, 0.5) is 8.78 Å². The Morgan fingerprint density at radius 1 is 1.16 bits per heavy atom. The Hall–Kier alpha value is -2.24. The molecule has 1 aromatic carbocycles. The van der Waals surface area contributed by atoms with Crippen molar-refractivity contribution < 1.29 is 26.7 Å². The van der Waals surface area contributed by atoms with Gasteiger partial charge in [-0.1, -0.05) is 37.7 Å². The van der Waals surface area contributed by atoms with Gasteiger partial charge in [0.15, 0.2) is 0 Å². The quantitative estimate of drug-likeness (QED) is 0.477. The van der Waals surface area contributed by atoms with Crippen LogP contribution in [-0.2, 0) is 21.2 Å². The maximum absolute atomic E-state index is 12.4. The van der Waals surface area contributed by atoms with Gasteiger partial charge in [-0.3, -0.25) is 4.79 Å². The lowest BCUT2D eigenvalue weighted by atomic mass is 10.1. The van der Waals surface area contributed by atoms with E-state index >= 15 is 0 Å². The topological polar surface area (TPSA) is 88.6 Å². The van der Waals surface area contributed by atoms with Gasteiger partial charge in [0.2, 0.25) is 15.9 Å². The molecular weight excluding hydrogens is 448 g/mol. The van der Waals surface area contributed by atoms with E-state index in [1.807, 2.05) is 0 Å². The number of rotatable bonds is 12. The number of alkyl halides is 2. The van der Waals surface area contributed by atoms with E-state index in [1.165, 1.54) is 40.5 Å². The van der Waals surface area contributed by atoms with Crippen molar-refractivity contribution >= 4 is 27.7 Å². The van der Waals surface area contributed by atoms with Crippen molar-refractivity contribution in [1.82, 2.24) is 14.6 Å². The number of pyridine rings is 1. The first-order valence-electron chi connectivity index (χ1n) is 9.65. The standard InChI is InChI=1S/C20H25F2N3O4S2/c1-3-25(4-2)31(27,28)17-9-10-19(24-13-17)30-14-18(26)23-12-11-15-5-7-16(8-6-15)29-20(21)22/h5-10,13,20H,3-4,11-12,14H2,1-2H3,(H,23,26). The first-order valence-corrected chi connectivity index (χ1v) is 12.1. The fourth-order valence-electron chi connectivity index (χ4n) is 2.69. The van der Waals surface area contributed by atoms with E-state index in [1.54, 1.807) is 32.0 Å². The molecule has 7 nitrogen and oxygen atoms in total. The fourth-order valence-corrected chi connectivity index (χ4v) is 4.77. The highest BCUT2D eigenvalue weighted by molar-refractivity contribution is 7.99. The molecule has 0 aliphatic heterocycles. The van der Waals surface area contributed by atoms with Crippen LogP contribution in [0.5, 0.6) is 5.75 Å². The second-order valence-electron chi connectivity index (χ2n) is 6.33. The van der Waals surface area contributed by atoms with Gasteiger partial charge in [-0.2, -0.15) is 13.1 Å². The number of carbonyl (C=O) groups is 1. The molecule has 0 atom stereocenters. The fraction of sp³-hybridized carbons (Fsp3) is 0.400. The summed E-state index contributed by atoms with van der Waals surface area (Å²) >= 11 is 1.20. The normalized spacial score (nSPS) is 11.7. The molecule has 11 heteroatoms. The summed E-state index contributed by atoms with van der Waals surface area (Å²) in [7, 11) is -3.56. The average Bonchev–Trinajstić information content (AvgIpc) is 2.74. The minimum Gasteiger partial charge on any atom is -0.435 e. The number of nitrogens with zero attached hydrogens (tertiary/aromatic N) is 2. The van der Waals surface area contributed by atoms with Crippen LogP contribution in [0.2, 0.25) is 0 Å². The number of carbonyl (C=O) groups excluding carboxylic acids is 1. The van der Waals surface area contributed by atoms with Gasteiger partial charge in [-0.05, 0) is 36.2 Å². The molecule has 2 rings (SSSR count). The summed E-state index contributed by atoms with van der Waals surface area (Å²) in [5, 5.41) is 3.32. The highest BCUT2D eigenvalue weighted by Gasteiger charge is 2.21. The molecule has 1 N–H and O–H groups in total. The molecule has 0 saturated heterocycles. The van der Waals surface area contributed by atoms with E-state index in [0.29, 0.717) is 31.1 Å². The maximum atomic E-state index is 12.4. The summed E-state index contributed by atoms with van der Waals surface area (Å²) in [6, 6.07) is 9.30. The van der Waals surface area contributed by atoms with E-state index in [9.17, 15) is 22.0 Å². The van der Waals surface area contributed by atoms with E-state index in [0.717, 1.165) is 5.56 Å². The molecule has 0 radical (unpaired) electrons. The van der Waals surface area contributed by atoms with Gasteiger partial charge in [0.25, 0.3) is 0 Å². The first kappa shape index (κ1) is 25.0. The predicted octanol–water partition coefficient (Wildman–Crippen LogP) is 3.16. The highest BCUT2D eigenvalue weighted by Crippen LogP contribution is 2.19. The van der Waals surface area contributed by atoms with Crippen molar-refractivity contribution in [2.24, 2.45) is 0 Å². The van der Waals surface area contributed by atoms with Crippen LogP contribution in [0.1, 0.15) is 19.4 Å². The molecule has 1 heterocycles. The summed E-state index contributed by atoms with van der Waals surface area (Å²) in [4.78, 5) is 16.3. The minimum atomic E-state index is -3.56. The van der Waals surface area contributed by atoms with Gasteiger partial charge in [-0.25, -0.2) is 13.4 Å². The summed E-state index contributed by atoms with van der Waals surface area (Å²) in [6.45, 7) is 1.83. The monoisotopic (exact) mass is 473 g/mol. The lowest BCUT2D eigenvalue weighted by Crippen LogP contribution is -2.30. The zero-order valence-corrected chi connectivity index (χ0v) is 18.9. The molecule has 0 fully saturated rings. The molecular formula is C20H25F2N3O4S2. The molecule has 2 aromatic rings. The molecule has 0 aliphatic carbocycles. The van der Waals surface area contributed by atoms with Crippen molar-refractivity contribution in [3.63, 3.8) is 0 Å². The Morgan fingerprint density at radius 2 is 1.84 bits per heavy atom. The van der Waals surface area contributed by atoms with Gasteiger partial charge >= 0.3 is 6.61 Å². The zero-order chi connectivity index (χ0) is 22.9. The summed E-state index contributed by atoms with van der Waals surface area (Å²) in [5.74, 6) is 0.0305. The lowest BCUT2D eigenvalue weighted by molar-refractivity contribution is -0.118. The number of halogens is 2. The van der Waals surface area contributed by atoms with Gasteiger partial charge < -0.3 is 10.1 Å². The van der Waals surface area contributed by atoms with Crippen LogP contribution in [0.3, 0.4) is 0 Å². The molecule has 0 spiro atoms. The van der Waals surface area contributed by atoms with E-state index in [2.05, 4.69) is 15.0 Å².